The number of nitrogens with zero attached hydrogens (tertiary/aromatic N) is 1. The van der Waals surface area contributed by atoms with Crippen molar-refractivity contribution < 1.29 is 14.0 Å². The van der Waals surface area contributed by atoms with Crippen molar-refractivity contribution in [2.75, 3.05) is 40.5 Å². The van der Waals surface area contributed by atoms with Crippen LogP contribution in [0.15, 0.2) is 54.6 Å². The molecule has 3 heteroatoms. The fourth-order valence-corrected chi connectivity index (χ4v) is 4.34. The maximum Gasteiger partial charge on any atom is 0.119 e. The van der Waals surface area contributed by atoms with Crippen LogP contribution in [0.25, 0.3) is 0 Å². The molecule has 0 spiro atoms. The lowest BCUT2D eigenvalue weighted by atomic mass is 9.69. The summed E-state index contributed by atoms with van der Waals surface area (Å²) in [6, 6.07) is 19.3. The molecule has 0 aliphatic rings. The van der Waals surface area contributed by atoms with Crippen molar-refractivity contribution in [3.05, 3.63) is 65.7 Å². The van der Waals surface area contributed by atoms with Gasteiger partial charge in [-0.25, -0.2) is 0 Å². The molecule has 172 valence electrons. The summed E-state index contributed by atoms with van der Waals surface area (Å²) in [6.07, 6.45) is 2.31. The van der Waals surface area contributed by atoms with Crippen molar-refractivity contribution in [3.8, 4) is 5.75 Å². The molecule has 1 unspecified atom stereocenters. The quantitative estimate of drug-likeness (QED) is 0.286. The highest BCUT2D eigenvalue weighted by Crippen LogP contribution is 2.39. The fourth-order valence-electron chi connectivity index (χ4n) is 4.34. The topological polar surface area (TPSA) is 18.5 Å². The van der Waals surface area contributed by atoms with E-state index >= 15 is 0 Å². The van der Waals surface area contributed by atoms with Crippen molar-refractivity contribution >= 4 is 0 Å². The normalized spacial score (nSPS) is 14.3. The van der Waals surface area contributed by atoms with Crippen molar-refractivity contribution in [1.82, 2.24) is 0 Å². The molecule has 2 rings (SSSR count). The summed E-state index contributed by atoms with van der Waals surface area (Å²) < 4.78 is 12.7. The summed E-state index contributed by atoms with van der Waals surface area (Å²) >= 11 is 0. The van der Waals surface area contributed by atoms with E-state index in [1.165, 1.54) is 17.5 Å². The minimum absolute atomic E-state index is 0.199. The summed E-state index contributed by atoms with van der Waals surface area (Å²) in [4.78, 5) is 0. The molecule has 1 atom stereocenters. The van der Waals surface area contributed by atoms with Gasteiger partial charge >= 0.3 is 0 Å². The van der Waals surface area contributed by atoms with E-state index in [0.717, 1.165) is 36.3 Å². The standard InChI is InChI=1S/C28H44NO2/c1-8-28(5,23-27(2,3)4)25-14-16-26(17-15-25)31-21-20-30-19-18-29(6,7)22-24-12-10-9-11-13-24/h9-17H,8,18-23H2,1-7H3/q+1. The molecule has 0 fully saturated rings. The van der Waals surface area contributed by atoms with Crippen LogP contribution in [0.1, 0.15) is 58.6 Å². The Morgan fingerprint density at radius 2 is 1.45 bits per heavy atom. The SMILES string of the molecule is CCC(C)(CC(C)(C)C)c1ccc(OCCOCC[N+](C)(C)Cc2ccccc2)cc1. The third-order valence-corrected chi connectivity index (χ3v) is 6.04. The molecular weight excluding hydrogens is 382 g/mol. The van der Waals surface area contributed by atoms with Gasteiger partial charge in [0.25, 0.3) is 0 Å². The van der Waals surface area contributed by atoms with Crippen LogP contribution in [-0.2, 0) is 16.7 Å². The first kappa shape index (κ1) is 25.4. The fraction of sp³-hybridized carbons (Fsp3) is 0.571. The van der Waals surface area contributed by atoms with Gasteiger partial charge in [0.2, 0.25) is 0 Å². The average molecular weight is 427 g/mol. The molecule has 0 aliphatic carbocycles. The number of rotatable bonds is 12. The Morgan fingerprint density at radius 3 is 2.03 bits per heavy atom. The van der Waals surface area contributed by atoms with Gasteiger partial charge in [0, 0.05) is 5.56 Å². The molecule has 0 radical (unpaired) electrons. The van der Waals surface area contributed by atoms with Crippen molar-refractivity contribution in [3.63, 3.8) is 0 Å². The largest absolute Gasteiger partial charge is 0.491 e. The molecule has 3 nitrogen and oxygen atoms in total. The smallest absolute Gasteiger partial charge is 0.119 e. The van der Waals surface area contributed by atoms with E-state index in [4.69, 9.17) is 9.47 Å². The second kappa shape index (κ2) is 11.2. The summed E-state index contributed by atoms with van der Waals surface area (Å²) in [6.45, 7) is 15.5. The van der Waals surface area contributed by atoms with Crippen LogP contribution in [-0.4, -0.2) is 44.9 Å². The number of ether oxygens (including phenoxy) is 2. The Hall–Kier alpha value is -1.84. The van der Waals surface area contributed by atoms with Gasteiger partial charge in [0.05, 0.1) is 27.3 Å². The number of likely N-dealkylation sites (N-methyl/N-ethyl adjacent to an activating group) is 1. The Balaban J connectivity index is 1.72. The third-order valence-electron chi connectivity index (χ3n) is 6.04. The monoisotopic (exact) mass is 426 g/mol. The van der Waals surface area contributed by atoms with Gasteiger partial charge in [-0.3, -0.25) is 0 Å². The van der Waals surface area contributed by atoms with E-state index in [0.29, 0.717) is 18.6 Å². The highest BCUT2D eigenvalue weighted by molar-refractivity contribution is 5.32. The Labute approximate surface area is 191 Å². The predicted octanol–water partition coefficient (Wildman–Crippen LogP) is 6.46. The molecule has 0 amide bonds. The summed E-state index contributed by atoms with van der Waals surface area (Å²) in [5.41, 5.74) is 3.27. The van der Waals surface area contributed by atoms with Crippen LogP contribution in [0, 0.1) is 5.41 Å². The average Bonchev–Trinajstić information content (AvgIpc) is 2.70. The molecule has 2 aromatic carbocycles. The number of benzene rings is 2. The summed E-state index contributed by atoms with van der Waals surface area (Å²) in [7, 11) is 4.50. The van der Waals surface area contributed by atoms with E-state index in [-0.39, 0.29) is 5.41 Å². The van der Waals surface area contributed by atoms with E-state index in [9.17, 15) is 0 Å². The molecule has 31 heavy (non-hydrogen) atoms. The summed E-state index contributed by atoms with van der Waals surface area (Å²) in [5, 5.41) is 0. The molecule has 0 bridgehead atoms. The number of hydrogen-bond acceptors (Lipinski definition) is 2. The number of hydrogen-bond donors (Lipinski definition) is 0. The van der Waals surface area contributed by atoms with Crippen molar-refractivity contribution in [1.29, 1.82) is 0 Å². The van der Waals surface area contributed by atoms with Gasteiger partial charge in [-0.1, -0.05) is 77.1 Å². The zero-order chi connectivity index (χ0) is 23.0. The van der Waals surface area contributed by atoms with E-state index in [1.807, 2.05) is 0 Å². The highest BCUT2D eigenvalue weighted by atomic mass is 16.5. The van der Waals surface area contributed by atoms with Crippen molar-refractivity contribution in [2.45, 2.75) is 59.4 Å². The maximum absolute atomic E-state index is 5.91. The summed E-state index contributed by atoms with van der Waals surface area (Å²) in [5.74, 6) is 0.918. The Bertz CT molecular complexity index is 762. The first-order valence-electron chi connectivity index (χ1n) is 11.7. The molecule has 0 aliphatic heterocycles. The van der Waals surface area contributed by atoms with Crippen LogP contribution >= 0.6 is 0 Å². The molecule has 2 aromatic rings. The van der Waals surface area contributed by atoms with Crippen LogP contribution in [0.2, 0.25) is 0 Å². The Kier molecular flexibility index (Phi) is 9.14. The lowest BCUT2D eigenvalue weighted by Crippen LogP contribution is -2.41. The maximum atomic E-state index is 5.91. The zero-order valence-corrected chi connectivity index (χ0v) is 20.9. The lowest BCUT2D eigenvalue weighted by molar-refractivity contribution is -0.904. The Morgan fingerprint density at radius 1 is 0.806 bits per heavy atom. The van der Waals surface area contributed by atoms with Crippen molar-refractivity contribution in [2.24, 2.45) is 5.41 Å². The van der Waals surface area contributed by atoms with Crippen LogP contribution in [0.4, 0.5) is 0 Å². The van der Waals surface area contributed by atoms with Gasteiger partial charge in [-0.05, 0) is 41.4 Å². The second-order valence-corrected chi connectivity index (χ2v) is 10.9. The van der Waals surface area contributed by atoms with Gasteiger partial charge < -0.3 is 14.0 Å². The lowest BCUT2D eigenvalue weighted by Gasteiger charge is -2.35. The van der Waals surface area contributed by atoms with Crippen LogP contribution in [0.5, 0.6) is 5.75 Å². The minimum atomic E-state index is 0.199. The zero-order valence-electron chi connectivity index (χ0n) is 20.9. The first-order chi connectivity index (χ1) is 14.5. The molecule has 0 saturated carbocycles. The second-order valence-electron chi connectivity index (χ2n) is 10.9. The van der Waals surface area contributed by atoms with Gasteiger partial charge in [-0.15, -0.1) is 0 Å². The van der Waals surface area contributed by atoms with E-state index in [1.54, 1.807) is 0 Å². The molecule has 0 saturated heterocycles. The van der Waals surface area contributed by atoms with E-state index in [2.05, 4.69) is 103 Å². The van der Waals surface area contributed by atoms with Gasteiger partial charge in [-0.2, -0.15) is 0 Å². The molecule has 0 N–H and O–H groups in total. The van der Waals surface area contributed by atoms with Gasteiger partial charge in [0.15, 0.2) is 0 Å². The third kappa shape index (κ3) is 9.04. The highest BCUT2D eigenvalue weighted by Gasteiger charge is 2.30. The van der Waals surface area contributed by atoms with Crippen LogP contribution in [0.3, 0.4) is 0 Å². The van der Waals surface area contributed by atoms with Gasteiger partial charge in [0.1, 0.15) is 25.4 Å². The predicted molar refractivity (Wildman–Crippen MR) is 132 cm³/mol. The van der Waals surface area contributed by atoms with E-state index < -0.39 is 0 Å². The molecular formula is C28H44NO2+. The molecule has 0 aromatic heterocycles. The first-order valence-corrected chi connectivity index (χ1v) is 11.7. The molecule has 0 heterocycles. The number of quaternary nitrogens is 1. The minimum Gasteiger partial charge on any atom is -0.491 e. The van der Waals surface area contributed by atoms with Crippen LogP contribution < -0.4 is 4.74 Å².